The summed E-state index contributed by atoms with van der Waals surface area (Å²) in [6, 6.07) is 0. The topological polar surface area (TPSA) is 78.9 Å². The van der Waals surface area contributed by atoms with Gasteiger partial charge in [-0.2, -0.15) is 0 Å². The van der Waals surface area contributed by atoms with Crippen LogP contribution in [0, 0.1) is 0 Å². The maximum absolute atomic E-state index is 12.8. The lowest BCUT2D eigenvalue weighted by Gasteiger charge is -2.18. The van der Waals surface area contributed by atoms with Gasteiger partial charge >= 0.3 is 17.9 Å². The van der Waals surface area contributed by atoms with E-state index in [1.807, 2.05) is 0 Å². The highest BCUT2D eigenvalue weighted by molar-refractivity contribution is 5.71. The van der Waals surface area contributed by atoms with Crippen LogP contribution in [-0.2, 0) is 28.6 Å². The Labute approximate surface area is 436 Å². The minimum atomic E-state index is -0.813. The van der Waals surface area contributed by atoms with Gasteiger partial charge < -0.3 is 14.2 Å². The number of rotatable bonds is 50. The molecular weight excluding hydrogens is 877 g/mol. The molecule has 1 atom stereocenters. The number of carbonyl (C=O) groups excluding carboxylic acids is 3. The van der Waals surface area contributed by atoms with Gasteiger partial charge in [-0.25, -0.2) is 0 Å². The number of ether oxygens (including phenoxy) is 3. The van der Waals surface area contributed by atoms with E-state index in [1.54, 1.807) is 0 Å². The van der Waals surface area contributed by atoms with Crippen LogP contribution >= 0.6 is 0 Å². The molecule has 0 aromatic carbocycles. The summed E-state index contributed by atoms with van der Waals surface area (Å²) in [6.45, 7) is 6.33. The highest BCUT2D eigenvalue weighted by Crippen LogP contribution is 2.14. The number of hydrogen-bond donors (Lipinski definition) is 0. The molecule has 400 valence electrons. The molecule has 6 heteroatoms. The number of hydrogen-bond acceptors (Lipinski definition) is 6. The summed E-state index contributed by atoms with van der Waals surface area (Å²) in [6.07, 6.45) is 81.7. The van der Waals surface area contributed by atoms with Crippen LogP contribution in [0.3, 0.4) is 0 Å². The lowest BCUT2D eigenvalue weighted by molar-refractivity contribution is -0.167. The van der Waals surface area contributed by atoms with Crippen molar-refractivity contribution in [2.75, 3.05) is 13.2 Å². The first-order valence-corrected chi connectivity index (χ1v) is 28.7. The van der Waals surface area contributed by atoms with E-state index >= 15 is 0 Å². The summed E-state index contributed by atoms with van der Waals surface area (Å²) in [7, 11) is 0. The number of carbonyl (C=O) groups is 3. The van der Waals surface area contributed by atoms with Crippen molar-refractivity contribution in [3.63, 3.8) is 0 Å². The van der Waals surface area contributed by atoms with Crippen molar-refractivity contribution >= 4 is 17.9 Å². The van der Waals surface area contributed by atoms with Crippen LogP contribution in [0.2, 0.25) is 0 Å². The Balaban J connectivity index is 4.34. The zero-order chi connectivity index (χ0) is 51.4. The molecule has 71 heavy (non-hydrogen) atoms. The van der Waals surface area contributed by atoms with Gasteiger partial charge in [0.1, 0.15) is 13.2 Å². The van der Waals surface area contributed by atoms with Gasteiger partial charge in [0.15, 0.2) is 6.10 Å². The highest BCUT2D eigenvalue weighted by Gasteiger charge is 2.19. The van der Waals surface area contributed by atoms with Crippen molar-refractivity contribution in [2.24, 2.45) is 0 Å². The smallest absolute Gasteiger partial charge is 0.306 e. The maximum atomic E-state index is 12.8. The van der Waals surface area contributed by atoms with E-state index < -0.39 is 6.10 Å². The lowest BCUT2D eigenvalue weighted by Crippen LogP contribution is -2.30. The van der Waals surface area contributed by atoms with Crippen LogP contribution in [0.4, 0.5) is 0 Å². The fraction of sp³-hybridized carbons (Fsp3) is 0.615. The first kappa shape index (κ1) is 66.6. The first-order chi connectivity index (χ1) is 35.0. The largest absolute Gasteiger partial charge is 0.462 e. The Morgan fingerprint density at radius 1 is 0.296 bits per heavy atom. The molecule has 0 heterocycles. The third-order valence-corrected chi connectivity index (χ3v) is 11.7. The van der Waals surface area contributed by atoms with Crippen LogP contribution in [0.1, 0.15) is 239 Å². The zero-order valence-electron chi connectivity index (χ0n) is 45.7. The van der Waals surface area contributed by atoms with Gasteiger partial charge in [-0.15, -0.1) is 0 Å². The Bertz CT molecular complexity index is 1550. The highest BCUT2D eigenvalue weighted by atomic mass is 16.6. The SMILES string of the molecule is CC/C=C\C/C=C\C/C=C\C/C=C\C/C=C\C/C=C\CCCCCCCCCCC(=O)OCC(COC(=O)CCCCCCCCCCC)OC(=O)CCC/C=C\C/C=C\C/C=C\C/C=C\C/C=C\CC. The van der Waals surface area contributed by atoms with E-state index in [1.165, 1.54) is 70.6 Å². The van der Waals surface area contributed by atoms with Crippen molar-refractivity contribution in [3.8, 4) is 0 Å². The summed E-state index contributed by atoms with van der Waals surface area (Å²) in [4.78, 5) is 38.0. The average molecular weight is 982 g/mol. The molecule has 0 bridgehead atoms. The van der Waals surface area contributed by atoms with E-state index in [-0.39, 0.29) is 37.5 Å². The summed E-state index contributed by atoms with van der Waals surface area (Å²) >= 11 is 0. The summed E-state index contributed by atoms with van der Waals surface area (Å²) < 4.78 is 16.8. The van der Waals surface area contributed by atoms with Gasteiger partial charge in [-0.1, -0.05) is 244 Å². The molecule has 0 aromatic rings. The molecule has 0 saturated carbocycles. The third-order valence-electron chi connectivity index (χ3n) is 11.7. The molecule has 0 saturated heterocycles. The van der Waals surface area contributed by atoms with E-state index in [9.17, 15) is 14.4 Å². The summed E-state index contributed by atoms with van der Waals surface area (Å²) in [5.74, 6) is -0.981. The van der Waals surface area contributed by atoms with Crippen molar-refractivity contribution < 1.29 is 28.6 Å². The predicted octanol–water partition coefficient (Wildman–Crippen LogP) is 19.4. The minimum Gasteiger partial charge on any atom is -0.462 e. The second kappa shape index (κ2) is 58.1. The average Bonchev–Trinajstić information content (AvgIpc) is 3.37. The zero-order valence-corrected chi connectivity index (χ0v) is 45.7. The van der Waals surface area contributed by atoms with Crippen molar-refractivity contribution in [1.29, 1.82) is 0 Å². The Morgan fingerprint density at radius 3 is 0.901 bits per heavy atom. The molecule has 0 amide bonds. The van der Waals surface area contributed by atoms with Crippen LogP contribution in [0.25, 0.3) is 0 Å². The standard InChI is InChI=1S/C65H104O6/c1-4-7-10-13-16-19-21-23-25-27-28-29-30-31-32-33-34-35-36-38-39-41-43-46-49-52-55-58-64(67)70-61-62(60-69-63(66)57-54-51-48-45-18-15-12-9-6-3)71-65(68)59-56-53-50-47-44-42-40-37-26-24-22-20-17-14-11-8-5-2/h7-8,10-11,16-17,19-20,23-26,28-29,31-32,34-35,40,42,47,50,62H,4-6,9,12-15,18,21-22,27,30,33,36-39,41,43-46,48-49,51-61H2,1-3H3/b10-7-,11-8-,19-16-,20-17-,25-23-,26-24-,29-28-,32-31-,35-34-,42-40-,50-47-. The van der Waals surface area contributed by atoms with Crippen molar-refractivity contribution in [3.05, 3.63) is 134 Å². The first-order valence-electron chi connectivity index (χ1n) is 28.7. The molecule has 0 aromatic heterocycles. The van der Waals surface area contributed by atoms with E-state index in [2.05, 4.69) is 154 Å². The molecule has 0 aliphatic carbocycles. The fourth-order valence-corrected chi connectivity index (χ4v) is 7.42. The number of unbranched alkanes of at least 4 members (excludes halogenated alkanes) is 17. The number of allylic oxidation sites excluding steroid dienone is 22. The van der Waals surface area contributed by atoms with Crippen LogP contribution in [0.15, 0.2) is 134 Å². The lowest BCUT2D eigenvalue weighted by atomic mass is 10.1. The van der Waals surface area contributed by atoms with Gasteiger partial charge in [0.25, 0.3) is 0 Å². The Morgan fingerprint density at radius 2 is 0.563 bits per heavy atom. The van der Waals surface area contributed by atoms with E-state index in [4.69, 9.17) is 14.2 Å². The van der Waals surface area contributed by atoms with E-state index in [0.717, 1.165) is 122 Å². The maximum Gasteiger partial charge on any atom is 0.306 e. The normalized spacial score (nSPS) is 13.1. The van der Waals surface area contributed by atoms with Gasteiger partial charge in [-0.05, 0) is 109 Å². The van der Waals surface area contributed by atoms with Crippen LogP contribution in [0.5, 0.6) is 0 Å². The van der Waals surface area contributed by atoms with Crippen molar-refractivity contribution in [2.45, 2.75) is 245 Å². The monoisotopic (exact) mass is 981 g/mol. The summed E-state index contributed by atoms with van der Waals surface area (Å²) in [5.41, 5.74) is 0. The number of esters is 3. The molecule has 0 fully saturated rings. The quantitative estimate of drug-likeness (QED) is 0.0262. The molecule has 6 nitrogen and oxygen atoms in total. The van der Waals surface area contributed by atoms with Crippen LogP contribution in [-0.4, -0.2) is 37.2 Å². The summed E-state index contributed by atoms with van der Waals surface area (Å²) in [5, 5.41) is 0. The molecule has 0 aliphatic rings. The van der Waals surface area contributed by atoms with Gasteiger partial charge in [0.2, 0.25) is 0 Å². The van der Waals surface area contributed by atoms with Crippen molar-refractivity contribution in [1.82, 2.24) is 0 Å². The minimum absolute atomic E-state index is 0.106. The van der Waals surface area contributed by atoms with Gasteiger partial charge in [0.05, 0.1) is 0 Å². The van der Waals surface area contributed by atoms with Gasteiger partial charge in [0, 0.05) is 19.3 Å². The van der Waals surface area contributed by atoms with Crippen LogP contribution < -0.4 is 0 Å². The van der Waals surface area contributed by atoms with Gasteiger partial charge in [-0.3, -0.25) is 14.4 Å². The molecule has 0 spiro atoms. The molecule has 0 radical (unpaired) electrons. The third kappa shape index (κ3) is 56.3. The predicted molar refractivity (Wildman–Crippen MR) is 306 cm³/mol. The molecular formula is C65H104O6. The molecule has 0 N–H and O–H groups in total. The molecule has 0 rings (SSSR count). The Kier molecular flexibility index (Phi) is 54.5. The second-order valence-corrected chi connectivity index (χ2v) is 18.4. The molecule has 0 aliphatic heterocycles. The Hall–Kier alpha value is -4.45. The fourth-order valence-electron chi connectivity index (χ4n) is 7.42. The van der Waals surface area contributed by atoms with E-state index in [0.29, 0.717) is 19.3 Å². The second-order valence-electron chi connectivity index (χ2n) is 18.4. The molecule has 1 unspecified atom stereocenters.